The lowest BCUT2D eigenvalue weighted by Gasteiger charge is -2.22. The Kier molecular flexibility index (Phi) is 6.09. The number of rotatable bonds is 5. The van der Waals surface area contributed by atoms with Gasteiger partial charge in [-0.1, -0.05) is 84.9 Å². The molecule has 0 unspecified atom stereocenters. The Balaban J connectivity index is 1.79. The standard InChI is InChI=1S/C29H27NO2/c1-29(2,3)32-28(31)25-19-18-23(21-12-6-4-7-13-21)20-27(25)30-26-17-11-10-16-24(26)22-14-8-5-9-15-22/h4-20,30H,1-3H3. The molecule has 3 nitrogen and oxygen atoms in total. The zero-order chi connectivity index (χ0) is 22.6. The van der Waals surface area contributed by atoms with Crippen molar-refractivity contribution in [1.29, 1.82) is 0 Å². The number of benzene rings is 4. The van der Waals surface area contributed by atoms with Crippen LogP contribution in [0.1, 0.15) is 31.1 Å². The summed E-state index contributed by atoms with van der Waals surface area (Å²) in [5, 5.41) is 3.52. The van der Waals surface area contributed by atoms with E-state index >= 15 is 0 Å². The molecule has 0 saturated carbocycles. The maximum absolute atomic E-state index is 13.0. The van der Waals surface area contributed by atoms with Gasteiger partial charge in [-0.2, -0.15) is 0 Å². The van der Waals surface area contributed by atoms with E-state index in [1.165, 1.54) is 0 Å². The number of hydrogen-bond acceptors (Lipinski definition) is 3. The van der Waals surface area contributed by atoms with E-state index in [-0.39, 0.29) is 5.97 Å². The zero-order valence-corrected chi connectivity index (χ0v) is 18.6. The van der Waals surface area contributed by atoms with Crippen LogP contribution in [0.5, 0.6) is 0 Å². The molecule has 32 heavy (non-hydrogen) atoms. The van der Waals surface area contributed by atoms with E-state index in [9.17, 15) is 4.79 Å². The Hall–Kier alpha value is -3.85. The number of anilines is 2. The van der Waals surface area contributed by atoms with Crippen molar-refractivity contribution in [2.75, 3.05) is 5.32 Å². The molecule has 0 spiro atoms. The maximum atomic E-state index is 13.0. The van der Waals surface area contributed by atoms with E-state index in [1.54, 1.807) is 0 Å². The second-order valence-corrected chi connectivity index (χ2v) is 8.66. The highest BCUT2D eigenvalue weighted by Gasteiger charge is 2.21. The van der Waals surface area contributed by atoms with Crippen molar-refractivity contribution >= 4 is 17.3 Å². The van der Waals surface area contributed by atoms with Crippen LogP contribution in [0.15, 0.2) is 103 Å². The number of hydrogen-bond donors (Lipinski definition) is 1. The Morgan fingerprint density at radius 2 is 1.25 bits per heavy atom. The summed E-state index contributed by atoms with van der Waals surface area (Å²) in [7, 11) is 0. The Bertz CT molecular complexity index is 1210. The zero-order valence-electron chi connectivity index (χ0n) is 18.6. The molecule has 0 saturated heterocycles. The number of para-hydroxylation sites is 1. The van der Waals surface area contributed by atoms with Gasteiger partial charge in [0.05, 0.1) is 11.3 Å². The average Bonchev–Trinajstić information content (AvgIpc) is 2.79. The third-order valence-electron chi connectivity index (χ3n) is 5.03. The number of ether oxygens (including phenoxy) is 1. The van der Waals surface area contributed by atoms with E-state index in [0.29, 0.717) is 11.3 Å². The van der Waals surface area contributed by atoms with Crippen molar-refractivity contribution in [2.24, 2.45) is 0 Å². The normalized spacial score (nSPS) is 11.1. The molecule has 160 valence electrons. The van der Waals surface area contributed by atoms with Crippen molar-refractivity contribution in [3.05, 3.63) is 109 Å². The quantitative estimate of drug-likeness (QED) is 0.335. The van der Waals surface area contributed by atoms with Crippen LogP contribution in [-0.2, 0) is 4.74 Å². The van der Waals surface area contributed by atoms with Gasteiger partial charge >= 0.3 is 5.97 Å². The molecule has 0 amide bonds. The third kappa shape index (κ3) is 5.06. The molecule has 0 fully saturated rings. The number of esters is 1. The van der Waals surface area contributed by atoms with E-state index < -0.39 is 5.60 Å². The SMILES string of the molecule is CC(C)(C)OC(=O)c1ccc(-c2ccccc2)cc1Nc1ccccc1-c1ccccc1. The van der Waals surface area contributed by atoms with Gasteiger partial charge in [-0.3, -0.25) is 0 Å². The molecule has 4 aromatic rings. The van der Waals surface area contributed by atoms with Crippen molar-refractivity contribution in [2.45, 2.75) is 26.4 Å². The van der Waals surface area contributed by atoms with E-state index in [4.69, 9.17) is 4.74 Å². The molecule has 0 aromatic heterocycles. The monoisotopic (exact) mass is 421 g/mol. The molecule has 0 radical (unpaired) electrons. The fraction of sp³-hybridized carbons (Fsp3) is 0.138. The van der Waals surface area contributed by atoms with Crippen LogP contribution in [0.4, 0.5) is 11.4 Å². The van der Waals surface area contributed by atoms with Crippen molar-refractivity contribution < 1.29 is 9.53 Å². The molecular weight excluding hydrogens is 394 g/mol. The highest BCUT2D eigenvalue weighted by molar-refractivity contribution is 5.98. The van der Waals surface area contributed by atoms with Crippen LogP contribution in [0, 0.1) is 0 Å². The van der Waals surface area contributed by atoms with Gasteiger partial charge in [-0.15, -0.1) is 0 Å². The topological polar surface area (TPSA) is 38.3 Å². The van der Waals surface area contributed by atoms with Gasteiger partial charge in [0.15, 0.2) is 0 Å². The fourth-order valence-corrected chi connectivity index (χ4v) is 3.58. The van der Waals surface area contributed by atoms with Gasteiger partial charge < -0.3 is 10.1 Å². The third-order valence-corrected chi connectivity index (χ3v) is 5.03. The van der Waals surface area contributed by atoms with E-state index in [1.807, 2.05) is 93.6 Å². The van der Waals surface area contributed by atoms with E-state index in [2.05, 4.69) is 35.6 Å². The minimum Gasteiger partial charge on any atom is -0.456 e. The Morgan fingerprint density at radius 3 is 1.91 bits per heavy atom. The molecule has 0 atom stereocenters. The first-order valence-electron chi connectivity index (χ1n) is 10.7. The predicted octanol–water partition coefficient (Wildman–Crippen LogP) is 7.72. The van der Waals surface area contributed by atoms with Crippen molar-refractivity contribution in [3.63, 3.8) is 0 Å². The lowest BCUT2D eigenvalue weighted by atomic mass is 10.0. The Labute approximate surface area is 189 Å². The molecule has 0 heterocycles. The summed E-state index contributed by atoms with van der Waals surface area (Å²) in [6.07, 6.45) is 0. The number of nitrogens with one attached hydrogen (secondary N) is 1. The molecule has 0 aliphatic rings. The summed E-state index contributed by atoms with van der Waals surface area (Å²) in [6.45, 7) is 5.63. The molecule has 4 rings (SSSR count). The van der Waals surface area contributed by atoms with Crippen molar-refractivity contribution in [1.82, 2.24) is 0 Å². The lowest BCUT2D eigenvalue weighted by molar-refractivity contribution is 0.00708. The molecule has 4 aromatic carbocycles. The van der Waals surface area contributed by atoms with Crippen LogP contribution >= 0.6 is 0 Å². The number of carbonyl (C=O) groups is 1. The second-order valence-electron chi connectivity index (χ2n) is 8.66. The van der Waals surface area contributed by atoms with Crippen molar-refractivity contribution in [3.8, 4) is 22.3 Å². The molecule has 1 N–H and O–H groups in total. The molecule has 0 bridgehead atoms. The van der Waals surface area contributed by atoms with Crippen LogP contribution < -0.4 is 5.32 Å². The first kappa shape index (κ1) is 21.4. The molecule has 3 heteroatoms. The van der Waals surface area contributed by atoms with Crippen LogP contribution in [0.25, 0.3) is 22.3 Å². The minimum atomic E-state index is -0.575. The molecular formula is C29H27NO2. The molecule has 0 aliphatic heterocycles. The molecule has 0 aliphatic carbocycles. The summed E-state index contributed by atoms with van der Waals surface area (Å²) >= 11 is 0. The number of carbonyl (C=O) groups excluding carboxylic acids is 1. The van der Waals surface area contributed by atoms with Gasteiger partial charge in [0.2, 0.25) is 0 Å². The summed E-state index contributed by atoms with van der Waals surface area (Å²) in [4.78, 5) is 13.0. The summed E-state index contributed by atoms with van der Waals surface area (Å²) in [5.74, 6) is -0.350. The smallest absolute Gasteiger partial charge is 0.340 e. The summed E-state index contributed by atoms with van der Waals surface area (Å²) in [6, 6.07) is 34.3. The fourth-order valence-electron chi connectivity index (χ4n) is 3.58. The van der Waals surface area contributed by atoms with Gasteiger partial charge in [-0.05, 0) is 55.7 Å². The highest BCUT2D eigenvalue weighted by atomic mass is 16.6. The average molecular weight is 422 g/mol. The first-order chi connectivity index (χ1) is 15.4. The van der Waals surface area contributed by atoms with Crippen LogP contribution in [0.2, 0.25) is 0 Å². The van der Waals surface area contributed by atoms with Crippen LogP contribution in [0.3, 0.4) is 0 Å². The maximum Gasteiger partial charge on any atom is 0.340 e. The van der Waals surface area contributed by atoms with Gasteiger partial charge in [-0.25, -0.2) is 4.79 Å². The summed E-state index contributed by atoms with van der Waals surface area (Å²) < 4.78 is 5.68. The second kappa shape index (κ2) is 9.11. The lowest BCUT2D eigenvalue weighted by Crippen LogP contribution is -2.24. The van der Waals surface area contributed by atoms with Crippen LogP contribution in [-0.4, -0.2) is 11.6 Å². The largest absolute Gasteiger partial charge is 0.456 e. The minimum absolute atomic E-state index is 0.350. The predicted molar refractivity (Wildman–Crippen MR) is 132 cm³/mol. The van der Waals surface area contributed by atoms with Gasteiger partial charge in [0.1, 0.15) is 5.60 Å². The first-order valence-corrected chi connectivity index (χ1v) is 10.7. The van der Waals surface area contributed by atoms with E-state index in [0.717, 1.165) is 27.9 Å². The van der Waals surface area contributed by atoms with Gasteiger partial charge in [0, 0.05) is 11.3 Å². The Morgan fingerprint density at radius 1 is 0.656 bits per heavy atom. The highest BCUT2D eigenvalue weighted by Crippen LogP contribution is 2.34. The van der Waals surface area contributed by atoms with Gasteiger partial charge in [0.25, 0.3) is 0 Å². The summed E-state index contributed by atoms with van der Waals surface area (Å²) in [5.41, 5.74) is 5.84.